The molecule has 1 fully saturated rings. The molecule has 7 nitrogen and oxygen atoms in total. The van der Waals surface area contributed by atoms with Crippen molar-refractivity contribution in [2.24, 2.45) is 7.05 Å². The highest BCUT2D eigenvalue weighted by Gasteiger charge is 2.18. The standard InChI is InChI=1S/C22H28ClN5O2S/c1-3-27-12-14-28(15-13-27)11-10-22-24-20-16-18(6-9-21(20)26(22)2)25-31(29,30)19-7-4-17(23)5-8-19/h4-9,16,25H,3,10-15H2,1-2H3. The first-order chi connectivity index (χ1) is 14.9. The number of imidazole rings is 1. The van der Waals surface area contributed by atoms with Crippen molar-refractivity contribution < 1.29 is 8.42 Å². The molecule has 0 aliphatic carbocycles. The van der Waals surface area contributed by atoms with Crippen molar-refractivity contribution in [2.75, 3.05) is 44.0 Å². The normalized spacial score (nSPS) is 16.1. The maximum Gasteiger partial charge on any atom is 0.261 e. The molecule has 0 atom stereocenters. The van der Waals surface area contributed by atoms with E-state index in [9.17, 15) is 8.42 Å². The first kappa shape index (κ1) is 22.1. The van der Waals surface area contributed by atoms with E-state index in [1.54, 1.807) is 24.3 Å². The minimum atomic E-state index is -3.69. The van der Waals surface area contributed by atoms with Gasteiger partial charge in [0, 0.05) is 51.2 Å². The fourth-order valence-corrected chi connectivity index (χ4v) is 5.13. The Bertz CT molecular complexity index is 1150. The predicted molar refractivity (Wildman–Crippen MR) is 125 cm³/mol. The second-order valence-corrected chi connectivity index (χ2v) is 9.99. The van der Waals surface area contributed by atoms with Gasteiger partial charge in [0.05, 0.1) is 21.6 Å². The number of aromatic nitrogens is 2. The lowest BCUT2D eigenvalue weighted by Crippen LogP contribution is -2.46. The van der Waals surface area contributed by atoms with E-state index in [0.717, 1.165) is 62.5 Å². The van der Waals surface area contributed by atoms with Crippen LogP contribution in [0, 0.1) is 0 Å². The Morgan fingerprint density at radius 3 is 2.39 bits per heavy atom. The molecule has 1 N–H and O–H groups in total. The van der Waals surface area contributed by atoms with Crippen LogP contribution in [-0.2, 0) is 23.5 Å². The van der Waals surface area contributed by atoms with Crippen molar-refractivity contribution in [3.63, 3.8) is 0 Å². The zero-order chi connectivity index (χ0) is 22.0. The fourth-order valence-electron chi connectivity index (χ4n) is 3.95. The molecule has 1 aliphatic heterocycles. The SMILES string of the molecule is CCN1CCN(CCc2nc3cc(NS(=O)(=O)c4ccc(Cl)cc4)ccc3n2C)CC1. The van der Waals surface area contributed by atoms with Gasteiger partial charge in [0.2, 0.25) is 0 Å². The number of likely N-dealkylation sites (N-methyl/N-ethyl adjacent to an activating group) is 1. The van der Waals surface area contributed by atoms with Crippen LogP contribution < -0.4 is 4.72 Å². The average Bonchev–Trinajstić information content (AvgIpc) is 3.07. The Morgan fingerprint density at radius 2 is 1.71 bits per heavy atom. The quantitative estimate of drug-likeness (QED) is 0.585. The molecule has 0 unspecified atom stereocenters. The number of benzene rings is 2. The summed E-state index contributed by atoms with van der Waals surface area (Å²) in [7, 11) is -1.68. The van der Waals surface area contributed by atoms with E-state index < -0.39 is 10.0 Å². The lowest BCUT2D eigenvalue weighted by molar-refractivity contribution is 0.138. The highest BCUT2D eigenvalue weighted by molar-refractivity contribution is 7.92. The Hall–Kier alpha value is -2.13. The van der Waals surface area contributed by atoms with Gasteiger partial charge in [-0.2, -0.15) is 0 Å². The van der Waals surface area contributed by atoms with Crippen molar-refractivity contribution in [3.05, 3.63) is 53.3 Å². The van der Waals surface area contributed by atoms with E-state index in [-0.39, 0.29) is 4.90 Å². The molecule has 31 heavy (non-hydrogen) atoms. The number of rotatable bonds is 7. The van der Waals surface area contributed by atoms with E-state index in [4.69, 9.17) is 16.6 Å². The Balaban J connectivity index is 1.46. The predicted octanol–water partition coefficient (Wildman–Crippen LogP) is 3.21. The summed E-state index contributed by atoms with van der Waals surface area (Å²) in [6.45, 7) is 8.72. The van der Waals surface area contributed by atoms with Gasteiger partial charge in [0.25, 0.3) is 10.0 Å². The smallest absolute Gasteiger partial charge is 0.261 e. The van der Waals surface area contributed by atoms with Gasteiger partial charge in [-0.1, -0.05) is 18.5 Å². The van der Waals surface area contributed by atoms with Gasteiger partial charge >= 0.3 is 0 Å². The van der Waals surface area contributed by atoms with Gasteiger partial charge in [-0.15, -0.1) is 0 Å². The van der Waals surface area contributed by atoms with Gasteiger partial charge in [0.1, 0.15) is 5.82 Å². The maximum absolute atomic E-state index is 12.7. The zero-order valence-electron chi connectivity index (χ0n) is 17.9. The van der Waals surface area contributed by atoms with E-state index in [1.165, 1.54) is 12.1 Å². The van der Waals surface area contributed by atoms with Crippen molar-refractivity contribution in [2.45, 2.75) is 18.2 Å². The van der Waals surface area contributed by atoms with Gasteiger partial charge in [-0.25, -0.2) is 13.4 Å². The number of aryl methyl sites for hydroxylation is 1. The second-order valence-electron chi connectivity index (χ2n) is 7.88. The summed E-state index contributed by atoms with van der Waals surface area (Å²) in [5.74, 6) is 1.01. The number of halogens is 1. The number of nitrogens with one attached hydrogen (secondary N) is 1. The van der Waals surface area contributed by atoms with Crippen LogP contribution in [0.4, 0.5) is 5.69 Å². The molecule has 0 bridgehead atoms. The third-order valence-corrected chi connectivity index (χ3v) is 7.56. The first-order valence-corrected chi connectivity index (χ1v) is 12.4. The summed E-state index contributed by atoms with van der Waals surface area (Å²) in [5, 5.41) is 0.494. The maximum atomic E-state index is 12.7. The van der Waals surface area contributed by atoms with Crippen LogP contribution >= 0.6 is 11.6 Å². The summed E-state index contributed by atoms with van der Waals surface area (Å²) in [6.07, 6.45) is 0.864. The van der Waals surface area contributed by atoms with Gasteiger partial charge in [0.15, 0.2) is 0 Å². The van der Waals surface area contributed by atoms with Crippen LogP contribution in [0.3, 0.4) is 0 Å². The van der Waals surface area contributed by atoms with Crippen molar-refractivity contribution in [1.82, 2.24) is 19.4 Å². The molecule has 4 rings (SSSR count). The number of fused-ring (bicyclic) bond motifs is 1. The van der Waals surface area contributed by atoms with Gasteiger partial charge in [-0.3, -0.25) is 4.72 Å². The van der Waals surface area contributed by atoms with Crippen molar-refractivity contribution in [1.29, 1.82) is 0 Å². The molecule has 1 aromatic heterocycles. The van der Waals surface area contributed by atoms with Gasteiger partial charge < -0.3 is 14.4 Å². The van der Waals surface area contributed by atoms with Crippen molar-refractivity contribution >= 4 is 38.3 Å². The number of nitrogens with zero attached hydrogens (tertiary/aromatic N) is 4. The minimum absolute atomic E-state index is 0.168. The van der Waals surface area contributed by atoms with Crippen LogP contribution in [0.15, 0.2) is 47.4 Å². The molecule has 0 radical (unpaired) electrons. The van der Waals surface area contributed by atoms with E-state index in [2.05, 4.69) is 26.0 Å². The summed E-state index contributed by atoms with van der Waals surface area (Å²) in [4.78, 5) is 9.90. The molecule has 0 amide bonds. The lowest BCUT2D eigenvalue weighted by atomic mass is 10.3. The second kappa shape index (κ2) is 9.16. The van der Waals surface area contributed by atoms with Crippen LogP contribution in [0.1, 0.15) is 12.7 Å². The number of hydrogen-bond donors (Lipinski definition) is 1. The first-order valence-electron chi connectivity index (χ1n) is 10.5. The summed E-state index contributed by atoms with van der Waals surface area (Å²) in [5.41, 5.74) is 2.26. The summed E-state index contributed by atoms with van der Waals surface area (Å²) >= 11 is 5.86. The van der Waals surface area contributed by atoms with E-state index >= 15 is 0 Å². The molecule has 0 saturated carbocycles. The zero-order valence-corrected chi connectivity index (χ0v) is 19.5. The van der Waals surface area contributed by atoms with Crippen LogP contribution in [-0.4, -0.2) is 67.0 Å². The summed E-state index contributed by atoms with van der Waals surface area (Å²) < 4.78 is 30.0. The van der Waals surface area contributed by atoms with Crippen LogP contribution in [0.25, 0.3) is 11.0 Å². The Labute approximate surface area is 188 Å². The molecule has 3 aromatic rings. The van der Waals surface area contributed by atoms with E-state index in [1.807, 2.05) is 13.1 Å². The number of sulfonamides is 1. The largest absolute Gasteiger partial charge is 0.331 e. The Morgan fingerprint density at radius 1 is 1.03 bits per heavy atom. The molecule has 2 aromatic carbocycles. The molecule has 166 valence electrons. The molecule has 0 spiro atoms. The molecule has 1 aliphatic rings. The summed E-state index contributed by atoms with van der Waals surface area (Å²) in [6, 6.07) is 11.6. The number of hydrogen-bond acceptors (Lipinski definition) is 5. The third-order valence-electron chi connectivity index (χ3n) is 5.91. The molecular weight excluding hydrogens is 434 g/mol. The van der Waals surface area contributed by atoms with Crippen LogP contribution in [0.5, 0.6) is 0 Å². The fraction of sp³-hybridized carbons (Fsp3) is 0.409. The molecular formula is C22H28ClN5O2S. The third kappa shape index (κ3) is 5.03. The average molecular weight is 462 g/mol. The minimum Gasteiger partial charge on any atom is -0.331 e. The number of anilines is 1. The highest BCUT2D eigenvalue weighted by atomic mass is 35.5. The molecule has 1 saturated heterocycles. The molecule has 2 heterocycles. The topological polar surface area (TPSA) is 70.5 Å². The van der Waals surface area contributed by atoms with Crippen LogP contribution in [0.2, 0.25) is 5.02 Å². The monoisotopic (exact) mass is 461 g/mol. The highest BCUT2D eigenvalue weighted by Crippen LogP contribution is 2.23. The van der Waals surface area contributed by atoms with Gasteiger partial charge in [-0.05, 0) is 49.0 Å². The molecule has 9 heteroatoms. The van der Waals surface area contributed by atoms with E-state index in [0.29, 0.717) is 10.7 Å². The number of piperazine rings is 1. The lowest BCUT2D eigenvalue weighted by Gasteiger charge is -2.33. The van der Waals surface area contributed by atoms with Crippen molar-refractivity contribution in [3.8, 4) is 0 Å². The Kier molecular flexibility index (Phi) is 6.52.